The van der Waals surface area contributed by atoms with Gasteiger partial charge in [-0.1, -0.05) is 17.3 Å². The first-order valence-corrected chi connectivity index (χ1v) is 7.18. The van der Waals surface area contributed by atoms with Crippen molar-refractivity contribution in [2.75, 3.05) is 21.3 Å². The predicted octanol–water partition coefficient (Wildman–Crippen LogP) is 4.17. The SMILES string of the molecule is COc1cc(OC)c(-c2nocc2-c2ccc(F)cc2)cc1OC. The lowest BCUT2D eigenvalue weighted by molar-refractivity contribution is 0.349. The van der Waals surface area contributed by atoms with E-state index in [9.17, 15) is 4.39 Å². The molecule has 0 unspecified atom stereocenters. The molecule has 3 rings (SSSR count). The van der Waals surface area contributed by atoms with Gasteiger partial charge in [0, 0.05) is 11.6 Å². The molecule has 0 aliphatic rings. The Labute approximate surface area is 138 Å². The highest BCUT2D eigenvalue weighted by atomic mass is 19.1. The molecule has 0 N–H and O–H groups in total. The van der Waals surface area contributed by atoms with E-state index < -0.39 is 0 Å². The van der Waals surface area contributed by atoms with Gasteiger partial charge in [0.25, 0.3) is 0 Å². The van der Waals surface area contributed by atoms with E-state index in [1.54, 1.807) is 45.6 Å². The molecule has 0 aliphatic heterocycles. The van der Waals surface area contributed by atoms with Gasteiger partial charge in [-0.3, -0.25) is 0 Å². The fraction of sp³-hybridized carbons (Fsp3) is 0.167. The molecule has 0 spiro atoms. The van der Waals surface area contributed by atoms with Gasteiger partial charge in [0.15, 0.2) is 11.5 Å². The fourth-order valence-corrected chi connectivity index (χ4v) is 2.48. The van der Waals surface area contributed by atoms with E-state index in [4.69, 9.17) is 18.7 Å². The summed E-state index contributed by atoms with van der Waals surface area (Å²) in [4.78, 5) is 0. The van der Waals surface area contributed by atoms with E-state index >= 15 is 0 Å². The smallest absolute Gasteiger partial charge is 0.164 e. The molecule has 24 heavy (non-hydrogen) atoms. The lowest BCUT2D eigenvalue weighted by atomic mass is 10.0. The summed E-state index contributed by atoms with van der Waals surface area (Å²) in [5.74, 6) is 1.34. The summed E-state index contributed by atoms with van der Waals surface area (Å²) in [6.07, 6.45) is 1.51. The zero-order valence-electron chi connectivity index (χ0n) is 13.5. The van der Waals surface area contributed by atoms with Crippen LogP contribution in [0, 0.1) is 5.82 Å². The zero-order chi connectivity index (χ0) is 17.1. The molecule has 0 bridgehead atoms. The first kappa shape index (κ1) is 15.9. The molecule has 0 aliphatic carbocycles. The van der Waals surface area contributed by atoms with Crippen molar-refractivity contribution in [1.29, 1.82) is 0 Å². The van der Waals surface area contributed by atoms with Crippen LogP contribution in [-0.2, 0) is 0 Å². The topological polar surface area (TPSA) is 53.7 Å². The lowest BCUT2D eigenvalue weighted by Crippen LogP contribution is -1.95. The predicted molar refractivity (Wildman–Crippen MR) is 87.0 cm³/mol. The van der Waals surface area contributed by atoms with Gasteiger partial charge in [0.2, 0.25) is 0 Å². The summed E-state index contributed by atoms with van der Waals surface area (Å²) < 4.78 is 34.4. The number of nitrogens with zero attached hydrogens (tertiary/aromatic N) is 1. The van der Waals surface area contributed by atoms with E-state index in [-0.39, 0.29) is 5.82 Å². The molecule has 2 aromatic carbocycles. The van der Waals surface area contributed by atoms with Crippen LogP contribution in [0.2, 0.25) is 0 Å². The second-order valence-corrected chi connectivity index (χ2v) is 4.99. The van der Waals surface area contributed by atoms with Crippen LogP contribution in [0.4, 0.5) is 4.39 Å². The second-order valence-electron chi connectivity index (χ2n) is 4.99. The van der Waals surface area contributed by atoms with Crippen molar-refractivity contribution in [1.82, 2.24) is 5.16 Å². The number of benzene rings is 2. The summed E-state index contributed by atoms with van der Waals surface area (Å²) in [6, 6.07) is 9.59. The van der Waals surface area contributed by atoms with Crippen LogP contribution in [0.25, 0.3) is 22.4 Å². The fourth-order valence-electron chi connectivity index (χ4n) is 2.48. The summed E-state index contributed by atoms with van der Waals surface area (Å²) in [5, 5.41) is 4.08. The van der Waals surface area contributed by atoms with Crippen molar-refractivity contribution < 1.29 is 23.1 Å². The quantitative estimate of drug-likeness (QED) is 0.703. The number of halogens is 1. The van der Waals surface area contributed by atoms with Gasteiger partial charge in [0.05, 0.1) is 26.9 Å². The monoisotopic (exact) mass is 329 g/mol. The largest absolute Gasteiger partial charge is 0.496 e. The average Bonchev–Trinajstić information content (AvgIpc) is 3.10. The Morgan fingerprint density at radius 1 is 0.833 bits per heavy atom. The third-order valence-electron chi connectivity index (χ3n) is 3.69. The van der Waals surface area contributed by atoms with Gasteiger partial charge >= 0.3 is 0 Å². The van der Waals surface area contributed by atoms with Crippen molar-refractivity contribution in [2.45, 2.75) is 0 Å². The molecule has 5 nitrogen and oxygen atoms in total. The van der Waals surface area contributed by atoms with Gasteiger partial charge in [0.1, 0.15) is 23.5 Å². The third kappa shape index (κ3) is 2.78. The molecule has 1 aromatic heterocycles. The minimum Gasteiger partial charge on any atom is -0.496 e. The van der Waals surface area contributed by atoms with Crippen molar-refractivity contribution in [3.05, 3.63) is 48.5 Å². The van der Waals surface area contributed by atoms with Crippen molar-refractivity contribution in [3.8, 4) is 39.6 Å². The standard InChI is InChI=1S/C18H16FNO4/c1-21-15-9-17(23-3)16(22-2)8-13(15)18-14(10-24-20-18)11-4-6-12(19)7-5-11/h4-10H,1-3H3. The number of methoxy groups -OCH3 is 3. The Hall–Kier alpha value is -3.02. The van der Waals surface area contributed by atoms with Crippen LogP contribution in [0.1, 0.15) is 0 Å². The minimum absolute atomic E-state index is 0.305. The van der Waals surface area contributed by atoms with Crippen LogP contribution in [0.15, 0.2) is 47.2 Å². The molecule has 6 heteroatoms. The number of aromatic nitrogens is 1. The zero-order valence-corrected chi connectivity index (χ0v) is 13.5. The molecule has 0 saturated heterocycles. The Kier molecular flexibility index (Phi) is 4.37. The Bertz CT molecular complexity index is 843. The first-order valence-electron chi connectivity index (χ1n) is 7.18. The molecule has 0 radical (unpaired) electrons. The molecule has 1 heterocycles. The molecule has 0 amide bonds. The van der Waals surface area contributed by atoms with Crippen molar-refractivity contribution >= 4 is 0 Å². The van der Waals surface area contributed by atoms with Crippen LogP contribution in [0.3, 0.4) is 0 Å². The van der Waals surface area contributed by atoms with Gasteiger partial charge in [-0.05, 0) is 23.8 Å². The first-order chi connectivity index (χ1) is 11.7. The molecular formula is C18H16FNO4. The van der Waals surface area contributed by atoms with E-state index in [2.05, 4.69) is 5.16 Å². The van der Waals surface area contributed by atoms with E-state index in [1.165, 1.54) is 18.4 Å². The van der Waals surface area contributed by atoms with Crippen molar-refractivity contribution in [3.63, 3.8) is 0 Å². The maximum absolute atomic E-state index is 13.2. The van der Waals surface area contributed by atoms with E-state index in [1.807, 2.05) is 0 Å². The van der Waals surface area contributed by atoms with Crippen LogP contribution in [-0.4, -0.2) is 26.5 Å². The van der Waals surface area contributed by atoms with Gasteiger partial charge in [-0.2, -0.15) is 0 Å². The van der Waals surface area contributed by atoms with Gasteiger partial charge in [-0.15, -0.1) is 0 Å². The Morgan fingerprint density at radius 3 is 2.08 bits per heavy atom. The molecule has 0 atom stereocenters. The van der Waals surface area contributed by atoms with Crippen LogP contribution in [0.5, 0.6) is 17.2 Å². The second kappa shape index (κ2) is 6.62. The highest BCUT2D eigenvalue weighted by Gasteiger charge is 2.20. The summed E-state index contributed by atoms with van der Waals surface area (Å²) >= 11 is 0. The van der Waals surface area contributed by atoms with Crippen LogP contribution < -0.4 is 14.2 Å². The summed E-state index contributed by atoms with van der Waals surface area (Å²) in [5.41, 5.74) is 2.76. The summed E-state index contributed by atoms with van der Waals surface area (Å²) in [6.45, 7) is 0. The maximum atomic E-state index is 13.2. The molecule has 3 aromatic rings. The molecule has 0 saturated carbocycles. The summed E-state index contributed by atoms with van der Waals surface area (Å²) in [7, 11) is 4.66. The highest BCUT2D eigenvalue weighted by molar-refractivity contribution is 5.84. The van der Waals surface area contributed by atoms with Crippen LogP contribution >= 0.6 is 0 Å². The third-order valence-corrected chi connectivity index (χ3v) is 3.69. The van der Waals surface area contributed by atoms with Crippen molar-refractivity contribution in [2.24, 2.45) is 0 Å². The van der Waals surface area contributed by atoms with E-state index in [0.29, 0.717) is 28.5 Å². The number of hydrogen-bond acceptors (Lipinski definition) is 5. The van der Waals surface area contributed by atoms with Gasteiger partial charge in [-0.25, -0.2) is 4.39 Å². The Balaban J connectivity index is 2.16. The highest BCUT2D eigenvalue weighted by Crippen LogP contribution is 2.42. The molecule has 124 valence electrons. The van der Waals surface area contributed by atoms with Gasteiger partial charge < -0.3 is 18.7 Å². The lowest BCUT2D eigenvalue weighted by Gasteiger charge is -2.13. The number of ether oxygens (including phenoxy) is 3. The normalized spacial score (nSPS) is 10.5. The molecule has 0 fully saturated rings. The number of rotatable bonds is 5. The molecular weight excluding hydrogens is 313 g/mol. The Morgan fingerprint density at radius 2 is 1.46 bits per heavy atom. The van der Waals surface area contributed by atoms with E-state index in [0.717, 1.165) is 11.1 Å². The maximum Gasteiger partial charge on any atom is 0.164 e. The minimum atomic E-state index is -0.305. The number of hydrogen-bond donors (Lipinski definition) is 0. The average molecular weight is 329 g/mol.